The minimum absolute atomic E-state index is 0.325. The average Bonchev–Trinajstić information content (AvgIpc) is 2.23. The summed E-state index contributed by atoms with van der Waals surface area (Å²) < 4.78 is 15.7. The molecule has 0 aromatic carbocycles. The van der Waals surface area contributed by atoms with Crippen LogP contribution in [0, 0.1) is 5.92 Å². The second kappa shape index (κ2) is 5.94. The van der Waals surface area contributed by atoms with Gasteiger partial charge in [-0.15, -0.1) is 8.86 Å². The molecule has 1 atom stereocenters. The van der Waals surface area contributed by atoms with Gasteiger partial charge < -0.3 is 14.2 Å². The van der Waals surface area contributed by atoms with Crippen molar-refractivity contribution in [3.8, 4) is 0 Å². The Balaban J connectivity index is 2.64. The molecule has 0 fully saturated rings. The van der Waals surface area contributed by atoms with E-state index in [9.17, 15) is 0 Å². The molecule has 3 nitrogen and oxygen atoms in total. The van der Waals surface area contributed by atoms with Crippen LogP contribution in [0.1, 0.15) is 6.92 Å². The lowest BCUT2D eigenvalue weighted by molar-refractivity contribution is 0.101. The molecule has 0 radical (unpaired) electrons. The van der Waals surface area contributed by atoms with Gasteiger partial charge in [0.15, 0.2) is 11.5 Å². The van der Waals surface area contributed by atoms with Gasteiger partial charge in [0.1, 0.15) is 6.61 Å². The molecule has 0 amide bonds. The molecule has 0 N–H and O–H groups in total. The molecule has 0 spiro atoms. The molecule has 4 heteroatoms. The Morgan fingerprint density at radius 2 is 2.00 bits per heavy atom. The van der Waals surface area contributed by atoms with E-state index < -0.39 is 0 Å². The van der Waals surface area contributed by atoms with Crippen LogP contribution < -0.4 is 0 Å². The van der Waals surface area contributed by atoms with Crippen LogP contribution in [0.4, 0.5) is 0 Å². The summed E-state index contributed by atoms with van der Waals surface area (Å²) in [6.45, 7) is 3.18. The normalized spacial score (nSPS) is 20.7. The Kier molecular flexibility index (Phi) is 4.86. The predicted octanol–water partition coefficient (Wildman–Crippen LogP) is 2.03. The number of hydrogen-bond donors (Lipinski definition) is 0. The van der Waals surface area contributed by atoms with E-state index in [-0.39, 0.29) is 0 Å². The van der Waals surface area contributed by atoms with Crippen LogP contribution >= 0.6 is 8.86 Å². The Morgan fingerprint density at radius 3 is 2.60 bits per heavy atom. The van der Waals surface area contributed by atoms with E-state index in [1.807, 2.05) is 12.2 Å². The first-order valence-corrected chi connectivity index (χ1v) is 5.37. The average molecular weight is 228 g/mol. The number of ether oxygens (including phenoxy) is 3. The minimum atomic E-state index is 0.325. The Labute approximate surface area is 92.9 Å². The van der Waals surface area contributed by atoms with Gasteiger partial charge in [-0.2, -0.15) is 0 Å². The van der Waals surface area contributed by atoms with E-state index in [4.69, 9.17) is 14.2 Å². The molecule has 0 saturated carbocycles. The summed E-state index contributed by atoms with van der Waals surface area (Å²) in [7, 11) is 6.83. The molecule has 0 aromatic rings. The van der Waals surface area contributed by atoms with Gasteiger partial charge >= 0.3 is 0 Å². The van der Waals surface area contributed by atoms with E-state index in [0.29, 0.717) is 19.1 Å². The van der Waals surface area contributed by atoms with Gasteiger partial charge in [0.05, 0.1) is 13.7 Å². The lowest BCUT2D eigenvalue weighted by Crippen LogP contribution is -2.14. The van der Waals surface area contributed by atoms with Crippen molar-refractivity contribution in [1.82, 2.24) is 0 Å². The van der Waals surface area contributed by atoms with Gasteiger partial charge in [-0.3, -0.25) is 0 Å². The Bertz CT molecular complexity index is 294. The van der Waals surface area contributed by atoms with Gasteiger partial charge in [-0.25, -0.2) is 0 Å². The number of rotatable bonds is 5. The molecule has 0 saturated heterocycles. The second-order valence-electron chi connectivity index (χ2n) is 3.33. The first-order valence-electron chi connectivity index (χ1n) is 4.87. The van der Waals surface area contributed by atoms with Gasteiger partial charge in [0.25, 0.3) is 0 Å². The van der Waals surface area contributed by atoms with Crippen LogP contribution in [0.15, 0.2) is 23.7 Å². The molecule has 0 bridgehead atoms. The summed E-state index contributed by atoms with van der Waals surface area (Å²) in [6.07, 6.45) is 3.96. The Hall–Kier alpha value is -0.790. The summed E-state index contributed by atoms with van der Waals surface area (Å²) in [6, 6.07) is 0. The van der Waals surface area contributed by atoms with Crippen molar-refractivity contribution in [3.05, 3.63) is 23.7 Å². The van der Waals surface area contributed by atoms with E-state index in [2.05, 4.69) is 15.8 Å². The van der Waals surface area contributed by atoms with E-state index >= 15 is 0 Å². The fourth-order valence-electron chi connectivity index (χ4n) is 1.26. The first-order chi connectivity index (χ1) is 7.19. The van der Waals surface area contributed by atoms with Crippen molar-refractivity contribution in [3.63, 3.8) is 0 Å². The fourth-order valence-corrected chi connectivity index (χ4v) is 1.47. The number of allylic oxidation sites excluding steroid dienone is 2. The van der Waals surface area contributed by atoms with Crippen LogP contribution in [-0.2, 0) is 14.2 Å². The third kappa shape index (κ3) is 3.37. The highest BCUT2D eigenvalue weighted by molar-refractivity contribution is 7.22. The fraction of sp³-hybridized carbons (Fsp3) is 0.545. The lowest BCUT2D eigenvalue weighted by atomic mass is 10.0. The molecule has 15 heavy (non-hydrogen) atoms. The highest BCUT2D eigenvalue weighted by Crippen LogP contribution is 2.23. The lowest BCUT2D eigenvalue weighted by Gasteiger charge is -2.20. The molecule has 0 aromatic heterocycles. The largest absolute Gasteiger partial charge is 0.493 e. The van der Waals surface area contributed by atoms with Gasteiger partial charge in [-0.05, 0) is 17.4 Å². The number of methoxy groups -OCH3 is 2. The highest BCUT2D eigenvalue weighted by atomic mass is 31.0. The molecule has 1 aliphatic carbocycles. The molecule has 84 valence electrons. The van der Waals surface area contributed by atoms with Crippen molar-refractivity contribution >= 4 is 14.2 Å². The molecular formula is C11H17O3P. The topological polar surface area (TPSA) is 27.7 Å². The van der Waals surface area contributed by atoms with Crippen molar-refractivity contribution < 1.29 is 14.2 Å². The maximum absolute atomic E-state index is 5.54. The zero-order valence-corrected chi connectivity index (χ0v) is 10.4. The van der Waals surface area contributed by atoms with E-state index in [1.54, 1.807) is 14.2 Å². The minimum Gasteiger partial charge on any atom is -0.493 e. The SMILES string of the molecule is COCCOC1=CC(=P)C(C)C=C1OC. The zero-order chi connectivity index (χ0) is 11.3. The summed E-state index contributed by atoms with van der Waals surface area (Å²) in [5.41, 5.74) is 0. The van der Waals surface area contributed by atoms with E-state index in [1.165, 1.54) is 0 Å². The smallest absolute Gasteiger partial charge is 0.161 e. The maximum atomic E-state index is 5.54. The first kappa shape index (κ1) is 12.3. The molecule has 0 heterocycles. The molecule has 1 unspecified atom stereocenters. The van der Waals surface area contributed by atoms with Crippen LogP contribution in [0.25, 0.3) is 0 Å². The standard InChI is InChI=1S/C11H17O3P/c1-8-6-9(13-3)10(7-11(8)15)14-5-4-12-2/h6-8,15H,4-5H2,1-3H3. The summed E-state index contributed by atoms with van der Waals surface area (Å²) >= 11 is 0. The summed E-state index contributed by atoms with van der Waals surface area (Å²) in [5.74, 6) is 1.85. The van der Waals surface area contributed by atoms with E-state index in [0.717, 1.165) is 16.8 Å². The highest BCUT2D eigenvalue weighted by Gasteiger charge is 2.17. The third-order valence-corrected chi connectivity index (χ3v) is 2.79. The van der Waals surface area contributed by atoms with Crippen LogP contribution in [0.3, 0.4) is 0 Å². The van der Waals surface area contributed by atoms with Crippen LogP contribution in [0.5, 0.6) is 0 Å². The van der Waals surface area contributed by atoms with Crippen LogP contribution in [0.2, 0.25) is 0 Å². The van der Waals surface area contributed by atoms with Crippen molar-refractivity contribution in [2.24, 2.45) is 5.92 Å². The molecule has 1 aliphatic rings. The second-order valence-corrected chi connectivity index (χ2v) is 3.91. The molecule has 0 aliphatic heterocycles. The summed E-state index contributed by atoms with van der Waals surface area (Å²) in [5, 5.41) is 1.09. The molecular weight excluding hydrogens is 211 g/mol. The quantitative estimate of drug-likeness (QED) is 0.532. The predicted molar refractivity (Wildman–Crippen MR) is 63.5 cm³/mol. The Morgan fingerprint density at radius 1 is 1.27 bits per heavy atom. The zero-order valence-electron chi connectivity index (χ0n) is 9.37. The van der Waals surface area contributed by atoms with Crippen molar-refractivity contribution in [2.45, 2.75) is 6.92 Å². The summed E-state index contributed by atoms with van der Waals surface area (Å²) in [4.78, 5) is 0. The van der Waals surface area contributed by atoms with Crippen LogP contribution in [-0.4, -0.2) is 32.7 Å². The maximum Gasteiger partial charge on any atom is 0.161 e. The van der Waals surface area contributed by atoms with Crippen molar-refractivity contribution in [2.75, 3.05) is 27.4 Å². The monoisotopic (exact) mass is 228 g/mol. The molecule has 1 rings (SSSR count). The number of hydrogen-bond acceptors (Lipinski definition) is 3. The van der Waals surface area contributed by atoms with Gasteiger partial charge in [0.2, 0.25) is 0 Å². The van der Waals surface area contributed by atoms with Crippen molar-refractivity contribution in [1.29, 1.82) is 0 Å². The van der Waals surface area contributed by atoms with Gasteiger partial charge in [0, 0.05) is 13.0 Å². The van der Waals surface area contributed by atoms with Gasteiger partial charge in [-0.1, -0.05) is 6.92 Å². The third-order valence-electron chi connectivity index (χ3n) is 2.19.